The molecule has 0 spiro atoms. The van der Waals surface area contributed by atoms with E-state index < -0.39 is 97.5 Å². The molecule has 19 heteroatoms. The molecular weight excluding hydrogens is 1150 g/mol. The Bertz CT molecular complexity index is 1870. The Morgan fingerprint density at radius 1 is 0.356 bits per heavy atom. The van der Waals surface area contributed by atoms with Crippen LogP contribution in [0, 0.1) is 5.92 Å². The molecule has 0 aromatic heterocycles. The molecule has 0 heterocycles. The van der Waals surface area contributed by atoms with Crippen molar-refractivity contribution in [2.75, 3.05) is 39.6 Å². The molecule has 17 nitrogen and oxygen atoms in total. The lowest BCUT2D eigenvalue weighted by molar-refractivity contribution is -0.161. The number of hydrogen-bond donors (Lipinski definition) is 3. The van der Waals surface area contributed by atoms with E-state index in [-0.39, 0.29) is 25.7 Å². The van der Waals surface area contributed by atoms with Gasteiger partial charge in [0.15, 0.2) is 12.2 Å². The summed E-state index contributed by atoms with van der Waals surface area (Å²) in [5.74, 6) is -1.53. The second-order valence-electron chi connectivity index (χ2n) is 23.7. The first kappa shape index (κ1) is 84.0. The molecule has 0 saturated carbocycles. The molecule has 508 valence electrons. The van der Waals surface area contributed by atoms with Crippen molar-refractivity contribution in [3.05, 3.63) is 48.6 Å². The molecule has 5 atom stereocenters. The molecule has 0 fully saturated rings. The number of carbonyl (C=O) groups is 4. The summed E-state index contributed by atoms with van der Waals surface area (Å²) in [5, 5.41) is 10.5. The monoisotopic (exact) mass is 1270 g/mol. The number of aliphatic hydroxyl groups is 1. The van der Waals surface area contributed by atoms with Crippen LogP contribution in [-0.4, -0.2) is 96.7 Å². The van der Waals surface area contributed by atoms with Crippen LogP contribution in [0.3, 0.4) is 0 Å². The predicted molar refractivity (Wildman–Crippen MR) is 349 cm³/mol. The minimum absolute atomic E-state index is 0.0779. The molecule has 3 N–H and O–H groups in total. The Kier molecular flexibility index (Phi) is 58.5. The average Bonchev–Trinajstić information content (AvgIpc) is 3.71. The van der Waals surface area contributed by atoms with Crippen LogP contribution in [0.2, 0.25) is 0 Å². The fourth-order valence-electron chi connectivity index (χ4n) is 9.21. The number of unbranched alkanes of at least 4 members (excludes halogenated alkanes) is 30. The number of rotatable bonds is 64. The van der Waals surface area contributed by atoms with Crippen molar-refractivity contribution < 1.29 is 80.2 Å². The van der Waals surface area contributed by atoms with Crippen LogP contribution in [0.1, 0.15) is 298 Å². The van der Waals surface area contributed by atoms with E-state index in [1.165, 1.54) is 83.5 Å². The van der Waals surface area contributed by atoms with E-state index in [1.807, 2.05) is 0 Å². The molecule has 0 radical (unpaired) electrons. The first-order chi connectivity index (χ1) is 42.0. The summed E-state index contributed by atoms with van der Waals surface area (Å²) in [4.78, 5) is 72.2. The quantitative estimate of drug-likeness (QED) is 0.0169. The second kappa shape index (κ2) is 60.6. The third-order valence-electron chi connectivity index (χ3n) is 14.5. The Labute approximate surface area is 527 Å². The van der Waals surface area contributed by atoms with Crippen molar-refractivity contribution in [3.8, 4) is 0 Å². The van der Waals surface area contributed by atoms with E-state index in [2.05, 4.69) is 83.2 Å². The summed E-state index contributed by atoms with van der Waals surface area (Å²) >= 11 is 0. The van der Waals surface area contributed by atoms with Gasteiger partial charge in [0, 0.05) is 25.7 Å². The Balaban J connectivity index is 5.29. The standard InChI is InChI=1S/C68H124O17P2/c1-6-9-12-15-18-21-23-25-27-29-31-33-36-42-47-52-66(71)79-57-63(84-67(72)53-48-43-37-34-32-30-28-26-24-22-19-16-13-10-7-2)59-82-86(74,75)80-55-62(69)56-81-87(76,77)83-60-64(58-78-65(70)51-46-41-35-20-17-14-11-8-3)85-68(73)54-49-44-39-38-40-45-50-61(4)5/h21-28,61-64,69H,6-20,29-60H2,1-5H3,(H,74,75)(H,76,77)/b23-21-,24-22-,27-25-,28-26-/t62-,63-,64-/m1/s1. The molecule has 0 aromatic rings. The summed E-state index contributed by atoms with van der Waals surface area (Å²) in [6.07, 6.45) is 51.8. The summed E-state index contributed by atoms with van der Waals surface area (Å²) in [7, 11) is -9.91. The molecule has 0 bridgehead atoms. The lowest BCUT2D eigenvalue weighted by atomic mass is 10.0. The number of hydrogen-bond acceptors (Lipinski definition) is 15. The van der Waals surface area contributed by atoms with Gasteiger partial charge >= 0.3 is 39.5 Å². The molecule has 0 aliphatic heterocycles. The van der Waals surface area contributed by atoms with Gasteiger partial charge < -0.3 is 33.8 Å². The maximum atomic E-state index is 13.0. The van der Waals surface area contributed by atoms with Crippen molar-refractivity contribution in [3.63, 3.8) is 0 Å². The SMILES string of the molecule is CCCCCC/C=C\C=C/CCCCCCCC(=O)OC[C@H](COP(=O)(O)OC[C@@H](O)COP(=O)(O)OC[C@@H](COC(=O)CCCCCCCCCC)OC(=O)CCCCCCCCC(C)C)OC(=O)CCCCCCC/C=C\C=C/CCCCCC. The van der Waals surface area contributed by atoms with Gasteiger partial charge in [0.25, 0.3) is 0 Å². The second-order valence-corrected chi connectivity index (χ2v) is 26.6. The van der Waals surface area contributed by atoms with Gasteiger partial charge in [0.05, 0.1) is 26.4 Å². The highest BCUT2D eigenvalue weighted by atomic mass is 31.2. The first-order valence-corrected chi connectivity index (χ1v) is 37.3. The van der Waals surface area contributed by atoms with Crippen molar-refractivity contribution in [2.24, 2.45) is 5.92 Å². The molecule has 87 heavy (non-hydrogen) atoms. The molecule has 0 rings (SSSR count). The fourth-order valence-corrected chi connectivity index (χ4v) is 10.8. The summed E-state index contributed by atoms with van der Waals surface area (Å²) in [5.41, 5.74) is 0. The van der Waals surface area contributed by atoms with Crippen LogP contribution in [0.25, 0.3) is 0 Å². The minimum atomic E-state index is -4.96. The third kappa shape index (κ3) is 61.6. The van der Waals surface area contributed by atoms with Gasteiger partial charge in [0.2, 0.25) is 0 Å². The van der Waals surface area contributed by atoms with Gasteiger partial charge in [0.1, 0.15) is 19.3 Å². The zero-order valence-corrected chi connectivity index (χ0v) is 56.9. The van der Waals surface area contributed by atoms with Crippen LogP contribution in [0.15, 0.2) is 48.6 Å². The predicted octanol–water partition coefficient (Wildman–Crippen LogP) is 18.5. The molecule has 0 amide bonds. The zero-order valence-electron chi connectivity index (χ0n) is 55.1. The van der Waals surface area contributed by atoms with Crippen LogP contribution in [0.5, 0.6) is 0 Å². The summed E-state index contributed by atoms with van der Waals surface area (Å²) < 4.78 is 68.0. The lowest BCUT2D eigenvalue weighted by Crippen LogP contribution is -2.30. The maximum Gasteiger partial charge on any atom is 0.472 e. The zero-order chi connectivity index (χ0) is 64.2. The van der Waals surface area contributed by atoms with E-state index in [0.717, 1.165) is 128 Å². The highest BCUT2D eigenvalue weighted by Crippen LogP contribution is 2.45. The van der Waals surface area contributed by atoms with Crippen LogP contribution >= 0.6 is 15.6 Å². The average molecular weight is 1280 g/mol. The number of aliphatic hydroxyl groups excluding tert-OH is 1. The van der Waals surface area contributed by atoms with Crippen molar-refractivity contribution in [1.82, 2.24) is 0 Å². The van der Waals surface area contributed by atoms with E-state index >= 15 is 0 Å². The van der Waals surface area contributed by atoms with E-state index in [4.69, 9.17) is 37.0 Å². The summed E-state index contributed by atoms with van der Waals surface area (Å²) in [6, 6.07) is 0. The number of carbonyl (C=O) groups excluding carboxylic acids is 4. The fraction of sp³-hybridized carbons (Fsp3) is 0.824. The highest BCUT2D eigenvalue weighted by Gasteiger charge is 2.30. The number of phosphoric acid groups is 2. The van der Waals surface area contributed by atoms with Gasteiger partial charge in [-0.3, -0.25) is 37.3 Å². The van der Waals surface area contributed by atoms with Crippen molar-refractivity contribution in [2.45, 2.75) is 316 Å². The van der Waals surface area contributed by atoms with Gasteiger partial charge in [-0.05, 0) is 83.0 Å². The van der Waals surface area contributed by atoms with Crippen molar-refractivity contribution >= 4 is 39.5 Å². The van der Waals surface area contributed by atoms with Gasteiger partial charge in [-0.25, -0.2) is 9.13 Å². The molecular formula is C68H124O17P2. The van der Waals surface area contributed by atoms with Crippen LogP contribution < -0.4 is 0 Å². The normalized spacial score (nSPS) is 14.5. The van der Waals surface area contributed by atoms with E-state index in [1.54, 1.807) is 0 Å². The number of esters is 4. The molecule has 0 aliphatic carbocycles. The first-order valence-electron chi connectivity index (χ1n) is 34.3. The Hall–Kier alpha value is -2.98. The molecule has 0 aromatic carbocycles. The third-order valence-corrected chi connectivity index (χ3v) is 16.4. The van der Waals surface area contributed by atoms with Gasteiger partial charge in [-0.2, -0.15) is 0 Å². The van der Waals surface area contributed by atoms with E-state index in [0.29, 0.717) is 31.6 Å². The number of ether oxygens (including phenoxy) is 4. The number of allylic oxidation sites excluding steroid dienone is 8. The molecule has 2 unspecified atom stereocenters. The lowest BCUT2D eigenvalue weighted by Gasteiger charge is -2.21. The topological polar surface area (TPSA) is 237 Å². The largest absolute Gasteiger partial charge is 0.472 e. The van der Waals surface area contributed by atoms with Gasteiger partial charge in [-0.1, -0.05) is 244 Å². The van der Waals surface area contributed by atoms with Crippen LogP contribution in [-0.2, 0) is 65.4 Å². The summed E-state index contributed by atoms with van der Waals surface area (Å²) in [6.45, 7) is 6.97. The highest BCUT2D eigenvalue weighted by molar-refractivity contribution is 7.47. The molecule has 0 saturated heterocycles. The van der Waals surface area contributed by atoms with E-state index in [9.17, 15) is 43.2 Å². The minimum Gasteiger partial charge on any atom is -0.462 e. The van der Waals surface area contributed by atoms with Crippen LogP contribution in [0.4, 0.5) is 0 Å². The number of phosphoric ester groups is 2. The smallest absolute Gasteiger partial charge is 0.462 e. The Morgan fingerprint density at radius 2 is 0.621 bits per heavy atom. The molecule has 0 aliphatic rings. The van der Waals surface area contributed by atoms with Gasteiger partial charge in [-0.15, -0.1) is 0 Å². The van der Waals surface area contributed by atoms with Crippen molar-refractivity contribution in [1.29, 1.82) is 0 Å². The Morgan fingerprint density at radius 3 is 0.943 bits per heavy atom. The maximum absolute atomic E-state index is 13.0.